The first-order valence-electron chi connectivity index (χ1n) is 11.9. The van der Waals surface area contributed by atoms with Crippen LogP contribution in [0.1, 0.15) is 57.1 Å². The number of fused-ring (bicyclic) bond motifs is 3. The summed E-state index contributed by atoms with van der Waals surface area (Å²) in [7, 11) is 0. The Morgan fingerprint density at radius 1 is 1.03 bits per heavy atom. The Morgan fingerprint density at radius 3 is 2.15 bits per heavy atom. The Balaban J connectivity index is 1.55. The van der Waals surface area contributed by atoms with Crippen LogP contribution in [0.15, 0.2) is 48.5 Å². The second kappa shape index (κ2) is 11.7. The number of carbonyl (C=O) groups is 3. The van der Waals surface area contributed by atoms with Gasteiger partial charge in [-0.25, -0.2) is 4.79 Å². The number of nitrogens with one attached hydrogen (secondary N) is 1. The van der Waals surface area contributed by atoms with Gasteiger partial charge in [-0.2, -0.15) is 0 Å². The minimum atomic E-state index is -0.875. The fourth-order valence-corrected chi connectivity index (χ4v) is 4.52. The van der Waals surface area contributed by atoms with E-state index in [-0.39, 0.29) is 37.4 Å². The molecule has 0 saturated carbocycles. The Morgan fingerprint density at radius 2 is 1.62 bits per heavy atom. The molecule has 1 unspecified atom stereocenters. The van der Waals surface area contributed by atoms with Crippen molar-refractivity contribution in [2.75, 3.05) is 19.7 Å². The standard InChI is InChI=1S/C27H34N2O5/c1-4-19(26(32)29(18(2)3)15-9-14-25(30)31)16-28-27(33)34-17-24-22-12-7-5-10-20(22)21-11-6-8-13-23(21)24/h5-8,10-13,18-19,24H,4,9,14-17H2,1-3H3,(H,28,33)(H,30,31). The lowest BCUT2D eigenvalue weighted by atomic mass is 9.98. The van der Waals surface area contributed by atoms with E-state index in [1.807, 2.05) is 45.0 Å². The van der Waals surface area contributed by atoms with Crippen LogP contribution >= 0.6 is 0 Å². The lowest BCUT2D eigenvalue weighted by Crippen LogP contribution is -2.45. The van der Waals surface area contributed by atoms with Gasteiger partial charge in [-0.1, -0.05) is 55.5 Å². The molecule has 1 atom stereocenters. The summed E-state index contributed by atoms with van der Waals surface area (Å²) < 4.78 is 5.57. The number of hydrogen-bond donors (Lipinski definition) is 2. The van der Waals surface area contributed by atoms with E-state index >= 15 is 0 Å². The number of alkyl carbamates (subject to hydrolysis) is 1. The molecule has 2 amide bonds. The summed E-state index contributed by atoms with van der Waals surface area (Å²) in [5, 5.41) is 11.6. The molecule has 0 aliphatic heterocycles. The maximum absolute atomic E-state index is 13.0. The molecule has 0 bridgehead atoms. The van der Waals surface area contributed by atoms with Crippen molar-refractivity contribution in [1.82, 2.24) is 10.2 Å². The molecule has 182 valence electrons. The average molecular weight is 467 g/mol. The van der Waals surface area contributed by atoms with Gasteiger partial charge in [0.05, 0.1) is 5.92 Å². The molecule has 7 nitrogen and oxygen atoms in total. The number of nitrogens with zero attached hydrogens (tertiary/aromatic N) is 1. The molecule has 7 heteroatoms. The number of ether oxygens (including phenoxy) is 1. The van der Waals surface area contributed by atoms with Crippen molar-refractivity contribution in [2.24, 2.45) is 5.92 Å². The molecule has 2 N–H and O–H groups in total. The minimum Gasteiger partial charge on any atom is -0.481 e. The summed E-state index contributed by atoms with van der Waals surface area (Å²) in [4.78, 5) is 38.0. The molecule has 0 radical (unpaired) electrons. The van der Waals surface area contributed by atoms with Crippen molar-refractivity contribution in [3.8, 4) is 11.1 Å². The molecule has 0 spiro atoms. The van der Waals surface area contributed by atoms with E-state index in [0.717, 1.165) is 11.1 Å². The number of carbonyl (C=O) groups excluding carboxylic acids is 2. The van der Waals surface area contributed by atoms with Gasteiger partial charge in [0.25, 0.3) is 0 Å². The van der Waals surface area contributed by atoms with Gasteiger partial charge < -0.3 is 20.1 Å². The van der Waals surface area contributed by atoms with Crippen LogP contribution in [0.2, 0.25) is 0 Å². The smallest absolute Gasteiger partial charge is 0.407 e. The quantitative estimate of drug-likeness (QED) is 0.502. The number of carboxylic acids is 1. The van der Waals surface area contributed by atoms with Crippen LogP contribution in [0.4, 0.5) is 4.79 Å². The lowest BCUT2D eigenvalue weighted by Gasteiger charge is -2.30. The van der Waals surface area contributed by atoms with Crippen molar-refractivity contribution in [3.05, 3.63) is 59.7 Å². The first-order chi connectivity index (χ1) is 16.3. The van der Waals surface area contributed by atoms with Gasteiger partial charge in [-0.15, -0.1) is 0 Å². The number of aliphatic carboxylic acids is 1. The van der Waals surface area contributed by atoms with Gasteiger partial charge in [0.15, 0.2) is 0 Å². The average Bonchev–Trinajstić information content (AvgIpc) is 3.14. The maximum Gasteiger partial charge on any atom is 0.407 e. The summed E-state index contributed by atoms with van der Waals surface area (Å²) in [6.45, 7) is 6.49. The molecular formula is C27H34N2O5. The topological polar surface area (TPSA) is 95.9 Å². The van der Waals surface area contributed by atoms with Gasteiger partial charge >= 0.3 is 12.1 Å². The van der Waals surface area contributed by atoms with Crippen LogP contribution in [0.5, 0.6) is 0 Å². The molecule has 0 heterocycles. The van der Waals surface area contributed by atoms with Crippen LogP contribution in [0.25, 0.3) is 11.1 Å². The fraction of sp³-hybridized carbons (Fsp3) is 0.444. The van der Waals surface area contributed by atoms with Gasteiger partial charge in [0.1, 0.15) is 6.61 Å². The van der Waals surface area contributed by atoms with Crippen molar-refractivity contribution in [3.63, 3.8) is 0 Å². The first kappa shape index (κ1) is 25.3. The zero-order valence-electron chi connectivity index (χ0n) is 20.1. The summed E-state index contributed by atoms with van der Waals surface area (Å²) in [5.41, 5.74) is 4.62. The Labute approximate surface area is 201 Å². The number of rotatable bonds is 11. The van der Waals surface area contributed by atoms with Crippen LogP contribution in [-0.4, -0.2) is 53.7 Å². The summed E-state index contributed by atoms with van der Waals surface area (Å²) in [6.07, 6.45) is 0.431. The maximum atomic E-state index is 13.0. The van der Waals surface area contributed by atoms with E-state index < -0.39 is 18.0 Å². The number of hydrogen-bond acceptors (Lipinski definition) is 4. The minimum absolute atomic E-state index is 0.0191. The second-order valence-corrected chi connectivity index (χ2v) is 8.93. The van der Waals surface area contributed by atoms with Crippen molar-refractivity contribution >= 4 is 18.0 Å². The van der Waals surface area contributed by atoms with Crippen molar-refractivity contribution in [1.29, 1.82) is 0 Å². The molecule has 1 aliphatic carbocycles. The summed E-state index contributed by atoms with van der Waals surface area (Å²) in [6, 6.07) is 16.3. The highest BCUT2D eigenvalue weighted by Gasteiger charge is 2.29. The number of benzene rings is 2. The highest BCUT2D eigenvalue weighted by molar-refractivity contribution is 5.81. The third-order valence-electron chi connectivity index (χ3n) is 6.37. The Kier molecular flexibility index (Phi) is 8.68. The largest absolute Gasteiger partial charge is 0.481 e. The Hall–Kier alpha value is -3.35. The highest BCUT2D eigenvalue weighted by Crippen LogP contribution is 2.44. The van der Waals surface area contributed by atoms with Gasteiger partial charge in [-0.05, 0) is 48.9 Å². The van der Waals surface area contributed by atoms with E-state index in [1.165, 1.54) is 11.1 Å². The molecule has 1 aliphatic rings. The molecule has 0 saturated heterocycles. The van der Waals surface area contributed by atoms with Crippen LogP contribution in [-0.2, 0) is 14.3 Å². The molecule has 2 aromatic rings. The Bertz CT molecular complexity index is 974. The van der Waals surface area contributed by atoms with Crippen LogP contribution < -0.4 is 5.32 Å². The normalized spacial score (nSPS) is 13.2. The monoisotopic (exact) mass is 466 g/mol. The predicted octanol–water partition coefficient (Wildman–Crippen LogP) is 4.65. The van der Waals surface area contributed by atoms with Crippen molar-refractivity contribution in [2.45, 2.75) is 52.0 Å². The molecule has 34 heavy (non-hydrogen) atoms. The lowest BCUT2D eigenvalue weighted by molar-refractivity contribution is -0.140. The van der Waals surface area contributed by atoms with Gasteiger partial charge in [-0.3, -0.25) is 9.59 Å². The molecule has 3 rings (SSSR count). The third-order valence-corrected chi connectivity index (χ3v) is 6.37. The van der Waals surface area contributed by atoms with E-state index in [9.17, 15) is 14.4 Å². The number of amides is 2. The van der Waals surface area contributed by atoms with Crippen LogP contribution in [0.3, 0.4) is 0 Å². The van der Waals surface area contributed by atoms with E-state index in [4.69, 9.17) is 9.84 Å². The molecule has 2 aromatic carbocycles. The van der Waals surface area contributed by atoms with E-state index in [0.29, 0.717) is 19.4 Å². The third kappa shape index (κ3) is 5.95. The fourth-order valence-electron chi connectivity index (χ4n) is 4.52. The SMILES string of the molecule is CCC(CNC(=O)OCC1c2ccccc2-c2ccccc21)C(=O)N(CCCC(=O)O)C(C)C. The van der Waals surface area contributed by atoms with Crippen LogP contribution in [0, 0.1) is 5.92 Å². The summed E-state index contributed by atoms with van der Waals surface area (Å²) >= 11 is 0. The molecular weight excluding hydrogens is 432 g/mol. The first-order valence-corrected chi connectivity index (χ1v) is 11.9. The van der Waals surface area contributed by atoms with E-state index in [1.54, 1.807) is 4.90 Å². The highest BCUT2D eigenvalue weighted by atomic mass is 16.5. The van der Waals surface area contributed by atoms with Gasteiger partial charge in [0, 0.05) is 31.5 Å². The molecule has 0 aromatic heterocycles. The predicted molar refractivity (Wildman–Crippen MR) is 131 cm³/mol. The van der Waals surface area contributed by atoms with Gasteiger partial charge in [0.2, 0.25) is 5.91 Å². The van der Waals surface area contributed by atoms with E-state index in [2.05, 4.69) is 29.6 Å². The van der Waals surface area contributed by atoms with Crippen molar-refractivity contribution < 1.29 is 24.2 Å². The zero-order chi connectivity index (χ0) is 24.7. The second-order valence-electron chi connectivity index (χ2n) is 8.93. The molecule has 0 fully saturated rings. The number of carboxylic acid groups (broad SMARTS) is 1. The summed E-state index contributed by atoms with van der Waals surface area (Å²) in [5.74, 6) is -1.37. The zero-order valence-corrected chi connectivity index (χ0v) is 20.1.